The van der Waals surface area contributed by atoms with E-state index >= 15 is 0 Å². The first-order valence-corrected chi connectivity index (χ1v) is 12.5. The zero-order chi connectivity index (χ0) is 23.8. The smallest absolute Gasteiger partial charge is 0.247 e. The van der Waals surface area contributed by atoms with E-state index in [1.807, 2.05) is 6.92 Å². The molecule has 0 radical (unpaired) electrons. The number of hydrogen-bond acceptors (Lipinski definition) is 4. The molecule has 1 aliphatic heterocycles. The maximum Gasteiger partial charge on any atom is 0.247 e. The normalized spacial score (nSPS) is 22.5. The van der Waals surface area contributed by atoms with Crippen molar-refractivity contribution in [3.05, 3.63) is 59.9 Å². The SMILES string of the molecule is Cc1ccc(S(=O)(=O)N2CC(=O)N(c3ccc(F)cc3)[C@@](C)(C(=O)NC3CCCC3)C2)cc1. The Bertz CT molecular complexity index is 1150. The molecule has 4 rings (SSSR count). The van der Waals surface area contributed by atoms with Crippen molar-refractivity contribution in [3.63, 3.8) is 0 Å². The molecule has 2 aromatic carbocycles. The topological polar surface area (TPSA) is 86.8 Å². The number of benzene rings is 2. The van der Waals surface area contributed by atoms with Gasteiger partial charge in [-0.15, -0.1) is 0 Å². The number of nitrogens with zero attached hydrogens (tertiary/aromatic N) is 2. The summed E-state index contributed by atoms with van der Waals surface area (Å²) in [5.74, 6) is -1.44. The molecule has 0 spiro atoms. The summed E-state index contributed by atoms with van der Waals surface area (Å²) in [7, 11) is -4.01. The highest BCUT2D eigenvalue weighted by atomic mass is 32.2. The van der Waals surface area contributed by atoms with Crippen LogP contribution < -0.4 is 10.2 Å². The number of sulfonamides is 1. The Kier molecular flexibility index (Phi) is 6.28. The zero-order valence-electron chi connectivity index (χ0n) is 18.8. The van der Waals surface area contributed by atoms with Gasteiger partial charge in [0.1, 0.15) is 11.4 Å². The fourth-order valence-corrected chi connectivity index (χ4v) is 6.08. The van der Waals surface area contributed by atoms with Crippen LogP contribution in [0.2, 0.25) is 0 Å². The van der Waals surface area contributed by atoms with E-state index in [0.29, 0.717) is 5.69 Å². The lowest BCUT2D eigenvalue weighted by molar-refractivity contribution is -0.133. The first-order valence-electron chi connectivity index (χ1n) is 11.1. The summed E-state index contributed by atoms with van der Waals surface area (Å²) in [6.45, 7) is 2.78. The maximum atomic E-state index is 13.5. The van der Waals surface area contributed by atoms with Crippen LogP contribution in [0.5, 0.6) is 0 Å². The van der Waals surface area contributed by atoms with Crippen molar-refractivity contribution in [2.75, 3.05) is 18.0 Å². The molecule has 176 valence electrons. The largest absolute Gasteiger partial charge is 0.351 e. The molecule has 1 atom stereocenters. The third-order valence-corrected chi connectivity index (χ3v) is 8.27. The van der Waals surface area contributed by atoms with Gasteiger partial charge in [-0.2, -0.15) is 4.31 Å². The molecule has 2 fully saturated rings. The molecule has 1 heterocycles. The molecule has 0 bridgehead atoms. The molecule has 1 aliphatic carbocycles. The first-order chi connectivity index (χ1) is 15.6. The van der Waals surface area contributed by atoms with Crippen LogP contribution in [0.4, 0.5) is 10.1 Å². The predicted molar refractivity (Wildman–Crippen MR) is 123 cm³/mol. The van der Waals surface area contributed by atoms with E-state index < -0.39 is 39.7 Å². The Labute approximate surface area is 193 Å². The molecule has 9 heteroatoms. The number of rotatable bonds is 5. The Hall–Kier alpha value is -2.78. The Balaban J connectivity index is 1.72. The van der Waals surface area contributed by atoms with E-state index in [1.165, 1.54) is 41.3 Å². The molecule has 2 aliphatic rings. The average molecular weight is 474 g/mol. The number of hydrogen-bond donors (Lipinski definition) is 1. The molecule has 2 amide bonds. The van der Waals surface area contributed by atoms with Crippen LogP contribution in [0.1, 0.15) is 38.2 Å². The molecule has 1 saturated carbocycles. The Morgan fingerprint density at radius 1 is 1.06 bits per heavy atom. The number of nitrogens with one attached hydrogen (secondary N) is 1. The second-order valence-electron chi connectivity index (χ2n) is 9.02. The molecule has 1 saturated heterocycles. The van der Waals surface area contributed by atoms with Gasteiger partial charge >= 0.3 is 0 Å². The predicted octanol–water partition coefficient (Wildman–Crippen LogP) is 2.99. The molecule has 33 heavy (non-hydrogen) atoms. The number of piperazine rings is 1. The third-order valence-electron chi connectivity index (χ3n) is 6.46. The lowest BCUT2D eigenvalue weighted by Crippen LogP contribution is -2.70. The monoisotopic (exact) mass is 473 g/mol. The summed E-state index contributed by atoms with van der Waals surface area (Å²) in [5, 5.41) is 3.01. The van der Waals surface area contributed by atoms with Crippen molar-refractivity contribution in [2.45, 2.75) is 56.0 Å². The quantitative estimate of drug-likeness (QED) is 0.723. The van der Waals surface area contributed by atoms with Gasteiger partial charge in [0, 0.05) is 18.3 Å². The van der Waals surface area contributed by atoms with Gasteiger partial charge in [0.05, 0.1) is 11.4 Å². The molecule has 0 unspecified atom stereocenters. The summed E-state index contributed by atoms with van der Waals surface area (Å²) in [5.41, 5.74) is -0.252. The van der Waals surface area contributed by atoms with Gasteiger partial charge in [0.15, 0.2) is 0 Å². The molecule has 1 N–H and O–H groups in total. The van der Waals surface area contributed by atoms with Crippen molar-refractivity contribution in [3.8, 4) is 0 Å². The Morgan fingerprint density at radius 2 is 1.67 bits per heavy atom. The van der Waals surface area contributed by atoms with Gasteiger partial charge in [-0.25, -0.2) is 12.8 Å². The molecule has 2 aromatic rings. The van der Waals surface area contributed by atoms with Crippen molar-refractivity contribution < 1.29 is 22.4 Å². The van der Waals surface area contributed by atoms with E-state index in [4.69, 9.17) is 0 Å². The van der Waals surface area contributed by atoms with Crippen LogP contribution in [0.25, 0.3) is 0 Å². The molecule has 7 nitrogen and oxygen atoms in total. The fraction of sp³-hybridized carbons (Fsp3) is 0.417. The van der Waals surface area contributed by atoms with E-state index in [-0.39, 0.29) is 17.5 Å². The van der Waals surface area contributed by atoms with E-state index in [9.17, 15) is 22.4 Å². The number of amides is 2. The van der Waals surface area contributed by atoms with Gasteiger partial charge < -0.3 is 5.32 Å². The number of carbonyl (C=O) groups is 2. The minimum Gasteiger partial charge on any atom is -0.351 e. The molecular formula is C24H28FN3O4S. The number of anilines is 1. The van der Waals surface area contributed by atoms with Crippen LogP contribution in [0.15, 0.2) is 53.4 Å². The first kappa shape index (κ1) is 23.4. The fourth-order valence-electron chi connectivity index (χ4n) is 4.60. The lowest BCUT2D eigenvalue weighted by atomic mass is 9.94. The number of aryl methyl sites for hydroxylation is 1. The average Bonchev–Trinajstić information content (AvgIpc) is 3.28. The van der Waals surface area contributed by atoms with E-state index in [0.717, 1.165) is 35.6 Å². The van der Waals surface area contributed by atoms with Gasteiger partial charge in [0.25, 0.3) is 0 Å². The highest BCUT2D eigenvalue weighted by Gasteiger charge is 2.51. The standard InChI is InChI=1S/C24H28FN3O4S/c1-17-7-13-21(14-8-17)33(31,32)27-15-22(29)28(20-11-9-18(25)10-12-20)24(2,16-27)23(30)26-19-5-3-4-6-19/h7-14,19H,3-6,15-16H2,1-2H3,(H,26,30)/t24-/m1/s1. The second kappa shape index (κ2) is 8.87. The third kappa shape index (κ3) is 4.52. The summed E-state index contributed by atoms with van der Waals surface area (Å²) in [6, 6.07) is 11.7. The van der Waals surface area contributed by atoms with Crippen LogP contribution in [0.3, 0.4) is 0 Å². The summed E-state index contributed by atoms with van der Waals surface area (Å²) in [6.07, 6.45) is 3.71. The highest BCUT2D eigenvalue weighted by Crippen LogP contribution is 2.33. The van der Waals surface area contributed by atoms with Crippen LogP contribution in [-0.2, 0) is 19.6 Å². The maximum absolute atomic E-state index is 13.5. The van der Waals surface area contributed by atoms with Crippen LogP contribution in [0, 0.1) is 12.7 Å². The van der Waals surface area contributed by atoms with E-state index in [1.54, 1.807) is 19.1 Å². The van der Waals surface area contributed by atoms with E-state index in [2.05, 4.69) is 5.32 Å². The molecule has 0 aromatic heterocycles. The second-order valence-corrected chi connectivity index (χ2v) is 11.0. The summed E-state index contributed by atoms with van der Waals surface area (Å²) in [4.78, 5) is 28.2. The zero-order valence-corrected chi connectivity index (χ0v) is 19.6. The van der Waals surface area contributed by atoms with Crippen molar-refractivity contribution >= 4 is 27.5 Å². The summed E-state index contributed by atoms with van der Waals surface area (Å²) < 4.78 is 41.3. The van der Waals surface area contributed by atoms with Gasteiger partial charge in [-0.1, -0.05) is 30.5 Å². The van der Waals surface area contributed by atoms with Crippen molar-refractivity contribution in [1.29, 1.82) is 0 Å². The van der Waals surface area contributed by atoms with Crippen LogP contribution >= 0.6 is 0 Å². The van der Waals surface area contributed by atoms with Crippen molar-refractivity contribution in [2.24, 2.45) is 0 Å². The van der Waals surface area contributed by atoms with Gasteiger partial charge in [-0.3, -0.25) is 14.5 Å². The highest BCUT2D eigenvalue weighted by molar-refractivity contribution is 7.89. The van der Waals surface area contributed by atoms with Gasteiger partial charge in [-0.05, 0) is 63.1 Å². The lowest BCUT2D eigenvalue weighted by Gasteiger charge is -2.47. The van der Waals surface area contributed by atoms with Crippen molar-refractivity contribution in [1.82, 2.24) is 9.62 Å². The minimum absolute atomic E-state index is 0.0106. The van der Waals surface area contributed by atoms with Crippen LogP contribution in [-0.4, -0.2) is 49.2 Å². The number of halogens is 1. The number of carbonyl (C=O) groups excluding carboxylic acids is 2. The van der Waals surface area contributed by atoms with Gasteiger partial charge in [0.2, 0.25) is 21.8 Å². The summed E-state index contributed by atoms with van der Waals surface area (Å²) >= 11 is 0. The Morgan fingerprint density at radius 3 is 2.27 bits per heavy atom. The minimum atomic E-state index is -4.01. The molecular weight excluding hydrogens is 445 g/mol.